The molecule has 0 spiro atoms. The zero-order valence-electron chi connectivity index (χ0n) is 10.9. The molecule has 7 heteroatoms. The molecule has 1 aromatic rings. The van der Waals surface area contributed by atoms with Crippen molar-refractivity contribution in [2.75, 3.05) is 13.7 Å². The van der Waals surface area contributed by atoms with Gasteiger partial charge in [0.2, 0.25) is 6.29 Å². The van der Waals surface area contributed by atoms with Crippen molar-refractivity contribution in [2.24, 2.45) is 0 Å². The molecular weight excluding hydrogens is 268 g/mol. The molecule has 0 aromatic heterocycles. The van der Waals surface area contributed by atoms with E-state index in [-0.39, 0.29) is 0 Å². The molecule has 1 aliphatic rings. The van der Waals surface area contributed by atoms with Crippen molar-refractivity contribution in [1.82, 2.24) is 0 Å². The maximum absolute atomic E-state index is 9.82. The summed E-state index contributed by atoms with van der Waals surface area (Å²) in [6.45, 7) is -0.493. The molecule has 0 saturated carbocycles. The Kier molecular flexibility index (Phi) is 4.79. The van der Waals surface area contributed by atoms with E-state index in [0.717, 1.165) is 0 Å². The first-order chi connectivity index (χ1) is 9.56. The Morgan fingerprint density at radius 2 is 1.60 bits per heavy atom. The molecule has 1 aliphatic heterocycles. The number of benzene rings is 1. The average molecular weight is 286 g/mol. The number of hydrogen-bond donors (Lipinski definition) is 4. The number of methoxy groups -OCH3 is 1. The molecule has 5 atom stereocenters. The molecule has 1 unspecified atom stereocenters. The molecule has 2 rings (SSSR count). The highest BCUT2D eigenvalue weighted by Gasteiger charge is 2.44. The van der Waals surface area contributed by atoms with E-state index < -0.39 is 37.3 Å². The SMILES string of the molecule is COc1ccc(OC2O[C@H](CO)[C@@H](O)[C@H](O)[C@H]2O)cc1. The van der Waals surface area contributed by atoms with Crippen LogP contribution in [0.1, 0.15) is 0 Å². The van der Waals surface area contributed by atoms with Crippen LogP contribution in [-0.2, 0) is 4.74 Å². The van der Waals surface area contributed by atoms with Crippen molar-refractivity contribution in [1.29, 1.82) is 0 Å². The molecule has 1 aromatic carbocycles. The second kappa shape index (κ2) is 6.38. The van der Waals surface area contributed by atoms with Gasteiger partial charge in [-0.3, -0.25) is 0 Å². The van der Waals surface area contributed by atoms with Crippen molar-refractivity contribution >= 4 is 0 Å². The summed E-state index contributed by atoms with van der Waals surface area (Å²) in [7, 11) is 1.54. The average Bonchev–Trinajstić information content (AvgIpc) is 2.48. The molecule has 20 heavy (non-hydrogen) atoms. The second-order valence-electron chi connectivity index (χ2n) is 4.49. The summed E-state index contributed by atoms with van der Waals surface area (Å²) in [5.41, 5.74) is 0. The van der Waals surface area contributed by atoms with Crippen molar-refractivity contribution in [3.63, 3.8) is 0 Å². The van der Waals surface area contributed by atoms with Crippen LogP contribution in [0.2, 0.25) is 0 Å². The number of aliphatic hydroxyl groups excluding tert-OH is 4. The fourth-order valence-corrected chi connectivity index (χ4v) is 1.95. The van der Waals surface area contributed by atoms with Gasteiger partial charge in [-0.25, -0.2) is 0 Å². The quantitative estimate of drug-likeness (QED) is 0.555. The lowest BCUT2D eigenvalue weighted by molar-refractivity contribution is -0.277. The minimum Gasteiger partial charge on any atom is -0.497 e. The van der Waals surface area contributed by atoms with Gasteiger partial charge in [0.1, 0.15) is 35.9 Å². The number of rotatable bonds is 4. The zero-order valence-corrected chi connectivity index (χ0v) is 10.9. The van der Waals surface area contributed by atoms with Crippen LogP contribution in [0.15, 0.2) is 24.3 Å². The Morgan fingerprint density at radius 1 is 1.00 bits per heavy atom. The highest BCUT2D eigenvalue weighted by atomic mass is 16.7. The molecule has 0 bridgehead atoms. The minimum absolute atomic E-state index is 0.398. The highest BCUT2D eigenvalue weighted by molar-refractivity contribution is 5.31. The van der Waals surface area contributed by atoms with E-state index in [1.807, 2.05) is 0 Å². The zero-order chi connectivity index (χ0) is 14.7. The summed E-state index contributed by atoms with van der Waals surface area (Å²) in [4.78, 5) is 0. The number of ether oxygens (including phenoxy) is 3. The van der Waals surface area contributed by atoms with Gasteiger partial charge in [0.15, 0.2) is 0 Å². The van der Waals surface area contributed by atoms with Crippen LogP contribution < -0.4 is 9.47 Å². The Balaban J connectivity index is 2.06. The summed E-state index contributed by atoms with van der Waals surface area (Å²) in [5.74, 6) is 1.04. The van der Waals surface area contributed by atoms with Gasteiger partial charge in [-0.15, -0.1) is 0 Å². The summed E-state index contributed by atoms with van der Waals surface area (Å²) in [5, 5.41) is 38.2. The van der Waals surface area contributed by atoms with E-state index in [9.17, 15) is 15.3 Å². The fourth-order valence-electron chi connectivity index (χ4n) is 1.95. The third kappa shape index (κ3) is 3.02. The fraction of sp³-hybridized carbons (Fsp3) is 0.538. The van der Waals surface area contributed by atoms with Crippen LogP contribution >= 0.6 is 0 Å². The maximum atomic E-state index is 9.82. The number of hydrogen-bond acceptors (Lipinski definition) is 7. The molecule has 7 nitrogen and oxygen atoms in total. The van der Waals surface area contributed by atoms with Crippen molar-refractivity contribution in [3.8, 4) is 11.5 Å². The van der Waals surface area contributed by atoms with Crippen LogP contribution in [-0.4, -0.2) is 64.8 Å². The smallest absolute Gasteiger partial charge is 0.229 e. The Hall–Kier alpha value is -1.38. The van der Waals surface area contributed by atoms with Gasteiger partial charge in [-0.1, -0.05) is 0 Å². The Morgan fingerprint density at radius 3 is 2.15 bits per heavy atom. The monoisotopic (exact) mass is 286 g/mol. The van der Waals surface area contributed by atoms with Gasteiger partial charge < -0.3 is 34.6 Å². The minimum atomic E-state index is -1.45. The predicted octanol–water partition coefficient (Wildman–Crippen LogP) is -1.13. The van der Waals surface area contributed by atoms with Crippen molar-refractivity contribution < 1.29 is 34.6 Å². The van der Waals surface area contributed by atoms with Gasteiger partial charge in [0, 0.05) is 0 Å². The Bertz CT molecular complexity index is 419. The molecule has 0 aliphatic carbocycles. The molecule has 0 amide bonds. The normalized spacial score (nSPS) is 33.8. The summed E-state index contributed by atoms with van der Waals surface area (Å²) in [6.07, 6.45) is -6.44. The molecule has 1 heterocycles. The highest BCUT2D eigenvalue weighted by Crippen LogP contribution is 2.25. The van der Waals surface area contributed by atoms with E-state index in [0.29, 0.717) is 11.5 Å². The molecular formula is C13H18O7. The first-order valence-electron chi connectivity index (χ1n) is 6.18. The topological polar surface area (TPSA) is 109 Å². The van der Waals surface area contributed by atoms with Gasteiger partial charge in [-0.2, -0.15) is 0 Å². The van der Waals surface area contributed by atoms with Crippen LogP contribution in [0.3, 0.4) is 0 Å². The molecule has 112 valence electrons. The lowest BCUT2D eigenvalue weighted by Gasteiger charge is -2.39. The third-order valence-corrected chi connectivity index (χ3v) is 3.16. The van der Waals surface area contributed by atoms with Gasteiger partial charge in [0.25, 0.3) is 0 Å². The second-order valence-corrected chi connectivity index (χ2v) is 4.49. The van der Waals surface area contributed by atoms with Crippen LogP contribution in [0.25, 0.3) is 0 Å². The van der Waals surface area contributed by atoms with E-state index in [1.165, 1.54) is 7.11 Å². The molecule has 4 N–H and O–H groups in total. The van der Waals surface area contributed by atoms with E-state index in [1.54, 1.807) is 24.3 Å². The van der Waals surface area contributed by atoms with Crippen molar-refractivity contribution in [3.05, 3.63) is 24.3 Å². The largest absolute Gasteiger partial charge is 0.497 e. The predicted molar refractivity (Wildman–Crippen MR) is 67.4 cm³/mol. The molecule has 1 saturated heterocycles. The first-order valence-corrected chi connectivity index (χ1v) is 6.18. The lowest BCUT2D eigenvalue weighted by atomic mass is 9.99. The van der Waals surface area contributed by atoms with Crippen LogP contribution in [0.4, 0.5) is 0 Å². The Labute approximate surface area is 115 Å². The maximum Gasteiger partial charge on any atom is 0.229 e. The third-order valence-electron chi connectivity index (χ3n) is 3.16. The molecule has 1 fully saturated rings. The summed E-state index contributed by atoms with van der Waals surface area (Å²) < 4.78 is 15.6. The van der Waals surface area contributed by atoms with Gasteiger partial charge in [-0.05, 0) is 24.3 Å². The van der Waals surface area contributed by atoms with Crippen molar-refractivity contribution in [2.45, 2.75) is 30.7 Å². The lowest BCUT2D eigenvalue weighted by Crippen LogP contribution is -2.60. The van der Waals surface area contributed by atoms with E-state index in [4.69, 9.17) is 19.3 Å². The standard InChI is InChI=1S/C13H18O7/c1-18-7-2-4-8(5-3-7)19-13-12(17)11(16)10(15)9(6-14)20-13/h2-5,9-17H,6H2,1H3/t9-,10-,11+,12-,13?/m1/s1. The van der Waals surface area contributed by atoms with E-state index in [2.05, 4.69) is 0 Å². The van der Waals surface area contributed by atoms with Gasteiger partial charge in [0.05, 0.1) is 13.7 Å². The number of aliphatic hydroxyl groups is 4. The van der Waals surface area contributed by atoms with Gasteiger partial charge >= 0.3 is 0 Å². The van der Waals surface area contributed by atoms with Crippen LogP contribution in [0, 0.1) is 0 Å². The van der Waals surface area contributed by atoms with Crippen LogP contribution in [0.5, 0.6) is 11.5 Å². The first kappa shape index (κ1) is 15.0. The molecule has 0 radical (unpaired) electrons. The summed E-state index contributed by atoms with van der Waals surface area (Å²) in [6, 6.07) is 6.55. The van der Waals surface area contributed by atoms with E-state index >= 15 is 0 Å². The summed E-state index contributed by atoms with van der Waals surface area (Å²) >= 11 is 0.